The summed E-state index contributed by atoms with van der Waals surface area (Å²) in [5, 5.41) is 0.369. The van der Waals surface area contributed by atoms with Crippen LogP contribution in [-0.4, -0.2) is 35.0 Å². The number of nitrogens with zero attached hydrogens (tertiary/aromatic N) is 2. The van der Waals surface area contributed by atoms with E-state index >= 15 is 0 Å². The first-order valence-corrected chi connectivity index (χ1v) is 5.17. The summed E-state index contributed by atoms with van der Waals surface area (Å²) >= 11 is 5.76. The number of hydrogen-bond acceptors (Lipinski definition) is 3. The van der Waals surface area contributed by atoms with Crippen LogP contribution < -0.4 is 0 Å². The second-order valence-corrected chi connectivity index (χ2v) is 4.15. The number of carbonyl (C=O) groups excluding carboxylic acids is 1. The van der Waals surface area contributed by atoms with Gasteiger partial charge in [0.05, 0.1) is 19.3 Å². The molecule has 0 saturated carbocycles. The van der Waals surface area contributed by atoms with E-state index in [9.17, 15) is 4.79 Å². The van der Waals surface area contributed by atoms with Gasteiger partial charge in [-0.25, -0.2) is 4.98 Å². The Bertz CT molecular complexity index is 431. The van der Waals surface area contributed by atoms with Gasteiger partial charge in [0, 0.05) is 12.1 Å². The number of amides is 1. The van der Waals surface area contributed by atoms with Crippen LogP contribution in [0.1, 0.15) is 16.1 Å². The predicted molar refractivity (Wildman–Crippen MR) is 53.7 cm³/mol. The SMILES string of the molecule is O=C1c2nc(Cl)ccc2CN1C1COC1. The molecule has 1 fully saturated rings. The molecule has 0 N–H and O–H groups in total. The maximum Gasteiger partial charge on any atom is 0.273 e. The molecule has 2 aliphatic rings. The Morgan fingerprint density at radius 1 is 1.47 bits per heavy atom. The molecule has 0 radical (unpaired) electrons. The van der Waals surface area contributed by atoms with Gasteiger partial charge in [-0.2, -0.15) is 0 Å². The zero-order valence-electron chi connectivity index (χ0n) is 7.94. The van der Waals surface area contributed by atoms with E-state index in [1.807, 2.05) is 6.07 Å². The fourth-order valence-electron chi connectivity index (χ4n) is 1.87. The molecule has 0 spiro atoms. The number of fused-ring (bicyclic) bond motifs is 1. The molecular weight excluding hydrogens is 216 g/mol. The van der Waals surface area contributed by atoms with E-state index in [0.717, 1.165) is 5.56 Å². The van der Waals surface area contributed by atoms with E-state index < -0.39 is 0 Å². The Labute approximate surface area is 91.8 Å². The van der Waals surface area contributed by atoms with Crippen LogP contribution in [0.15, 0.2) is 12.1 Å². The number of halogens is 1. The van der Waals surface area contributed by atoms with E-state index in [4.69, 9.17) is 16.3 Å². The van der Waals surface area contributed by atoms with Crippen LogP contribution in [0.2, 0.25) is 5.15 Å². The molecule has 0 aliphatic carbocycles. The predicted octanol–water partition coefficient (Wildman–Crippen LogP) is 1.09. The maximum atomic E-state index is 11.9. The average Bonchev–Trinajstić information content (AvgIpc) is 2.43. The molecular formula is C10H9ClN2O2. The number of pyridine rings is 1. The Morgan fingerprint density at radius 2 is 2.27 bits per heavy atom. The van der Waals surface area contributed by atoms with Crippen LogP contribution >= 0.6 is 11.6 Å². The third kappa shape index (κ3) is 1.33. The Kier molecular flexibility index (Phi) is 1.94. The lowest BCUT2D eigenvalue weighted by Gasteiger charge is -2.34. The Hall–Kier alpha value is -1.13. The fraction of sp³-hybridized carbons (Fsp3) is 0.400. The van der Waals surface area contributed by atoms with Crippen LogP contribution in [0.4, 0.5) is 0 Å². The summed E-state index contributed by atoms with van der Waals surface area (Å²) in [6.45, 7) is 1.90. The van der Waals surface area contributed by atoms with Crippen molar-refractivity contribution in [3.8, 4) is 0 Å². The molecule has 0 atom stereocenters. The molecule has 1 saturated heterocycles. The smallest absolute Gasteiger partial charge is 0.273 e. The van der Waals surface area contributed by atoms with E-state index in [0.29, 0.717) is 30.6 Å². The van der Waals surface area contributed by atoms with Gasteiger partial charge in [-0.15, -0.1) is 0 Å². The summed E-state index contributed by atoms with van der Waals surface area (Å²) < 4.78 is 5.08. The van der Waals surface area contributed by atoms with Gasteiger partial charge in [0.25, 0.3) is 5.91 Å². The minimum atomic E-state index is -0.0270. The summed E-state index contributed by atoms with van der Waals surface area (Å²) in [6.07, 6.45) is 0. The van der Waals surface area contributed by atoms with Crippen molar-refractivity contribution >= 4 is 17.5 Å². The lowest BCUT2D eigenvalue weighted by Crippen LogP contribution is -2.49. The summed E-state index contributed by atoms with van der Waals surface area (Å²) in [6, 6.07) is 3.79. The standard InChI is InChI=1S/C10H9ClN2O2/c11-8-2-1-6-3-13(7-4-15-5-7)10(14)9(6)12-8/h1-2,7H,3-5H2. The highest BCUT2D eigenvalue weighted by atomic mass is 35.5. The molecule has 0 aromatic carbocycles. The minimum Gasteiger partial charge on any atom is -0.377 e. The van der Waals surface area contributed by atoms with Crippen molar-refractivity contribution < 1.29 is 9.53 Å². The van der Waals surface area contributed by atoms with Crippen LogP contribution in [0.5, 0.6) is 0 Å². The third-order valence-corrected chi connectivity index (χ3v) is 3.02. The van der Waals surface area contributed by atoms with E-state index in [1.165, 1.54) is 0 Å². The van der Waals surface area contributed by atoms with Gasteiger partial charge >= 0.3 is 0 Å². The first-order chi connectivity index (χ1) is 7.25. The monoisotopic (exact) mass is 224 g/mol. The fourth-order valence-corrected chi connectivity index (χ4v) is 2.01. The average molecular weight is 225 g/mol. The maximum absolute atomic E-state index is 11.9. The molecule has 5 heteroatoms. The van der Waals surface area contributed by atoms with Crippen molar-refractivity contribution in [2.75, 3.05) is 13.2 Å². The van der Waals surface area contributed by atoms with Crippen molar-refractivity contribution in [1.29, 1.82) is 0 Å². The summed E-state index contributed by atoms with van der Waals surface area (Å²) in [5.74, 6) is -0.0270. The minimum absolute atomic E-state index is 0.0270. The quantitative estimate of drug-likeness (QED) is 0.671. The number of carbonyl (C=O) groups is 1. The zero-order valence-corrected chi connectivity index (χ0v) is 8.70. The first-order valence-electron chi connectivity index (χ1n) is 4.80. The number of hydrogen-bond donors (Lipinski definition) is 0. The van der Waals surface area contributed by atoms with E-state index in [1.54, 1.807) is 11.0 Å². The van der Waals surface area contributed by atoms with Gasteiger partial charge < -0.3 is 9.64 Å². The highest BCUT2D eigenvalue weighted by molar-refractivity contribution is 6.29. The largest absolute Gasteiger partial charge is 0.377 e. The van der Waals surface area contributed by atoms with Crippen LogP contribution in [0.25, 0.3) is 0 Å². The molecule has 1 aromatic rings. The molecule has 0 unspecified atom stereocenters. The van der Waals surface area contributed by atoms with E-state index in [2.05, 4.69) is 4.98 Å². The number of rotatable bonds is 1. The summed E-state index contributed by atoms with van der Waals surface area (Å²) in [4.78, 5) is 17.8. The van der Waals surface area contributed by atoms with Gasteiger partial charge in [0.15, 0.2) is 0 Å². The molecule has 78 valence electrons. The van der Waals surface area contributed by atoms with Gasteiger partial charge in [-0.05, 0) is 6.07 Å². The van der Waals surface area contributed by atoms with Crippen LogP contribution in [-0.2, 0) is 11.3 Å². The van der Waals surface area contributed by atoms with Crippen LogP contribution in [0, 0.1) is 0 Å². The van der Waals surface area contributed by atoms with Gasteiger partial charge in [-0.3, -0.25) is 4.79 Å². The zero-order chi connectivity index (χ0) is 10.4. The second kappa shape index (κ2) is 3.18. The van der Waals surface area contributed by atoms with Crippen molar-refractivity contribution in [2.24, 2.45) is 0 Å². The van der Waals surface area contributed by atoms with Crippen molar-refractivity contribution in [1.82, 2.24) is 9.88 Å². The van der Waals surface area contributed by atoms with Crippen molar-refractivity contribution in [3.05, 3.63) is 28.5 Å². The third-order valence-electron chi connectivity index (χ3n) is 2.81. The number of ether oxygens (including phenoxy) is 1. The topological polar surface area (TPSA) is 42.4 Å². The molecule has 3 heterocycles. The number of aromatic nitrogens is 1. The summed E-state index contributed by atoms with van der Waals surface area (Å²) in [7, 11) is 0. The lowest BCUT2D eigenvalue weighted by atomic mass is 10.2. The van der Waals surface area contributed by atoms with Gasteiger partial charge in [0.1, 0.15) is 10.8 Å². The summed E-state index contributed by atoms with van der Waals surface area (Å²) in [5.41, 5.74) is 1.45. The molecule has 1 amide bonds. The lowest BCUT2D eigenvalue weighted by molar-refractivity contribution is -0.0541. The normalized spacial score (nSPS) is 20.3. The Balaban J connectivity index is 1.94. The highest BCUT2D eigenvalue weighted by Crippen LogP contribution is 2.26. The molecule has 2 aliphatic heterocycles. The molecule has 15 heavy (non-hydrogen) atoms. The molecule has 3 rings (SSSR count). The van der Waals surface area contributed by atoms with Crippen molar-refractivity contribution in [3.63, 3.8) is 0 Å². The van der Waals surface area contributed by atoms with Crippen molar-refractivity contribution in [2.45, 2.75) is 12.6 Å². The first kappa shape index (κ1) is 9.12. The van der Waals surface area contributed by atoms with Gasteiger partial charge in [-0.1, -0.05) is 17.7 Å². The van der Waals surface area contributed by atoms with Crippen LogP contribution in [0.3, 0.4) is 0 Å². The Morgan fingerprint density at radius 3 is 2.93 bits per heavy atom. The van der Waals surface area contributed by atoms with Gasteiger partial charge in [0.2, 0.25) is 0 Å². The second-order valence-electron chi connectivity index (χ2n) is 3.77. The highest BCUT2D eigenvalue weighted by Gasteiger charge is 2.37. The molecule has 4 nitrogen and oxygen atoms in total. The molecule has 0 bridgehead atoms. The molecule has 1 aromatic heterocycles. The van der Waals surface area contributed by atoms with E-state index in [-0.39, 0.29) is 11.9 Å².